The lowest BCUT2D eigenvalue weighted by Gasteiger charge is -1.98. The fraction of sp³-hybridized carbons (Fsp3) is 0.100. The van der Waals surface area contributed by atoms with E-state index in [1.165, 1.54) is 0 Å². The van der Waals surface area contributed by atoms with Gasteiger partial charge in [0.15, 0.2) is 6.29 Å². The standard InChI is InChI=1S/C10H9N3O/c1-13-6-8(5-12-13)10-2-3-11-4-9(10)7-14/h2-7H,1H3. The van der Waals surface area contributed by atoms with Gasteiger partial charge < -0.3 is 0 Å². The molecule has 2 aromatic rings. The summed E-state index contributed by atoms with van der Waals surface area (Å²) in [5, 5.41) is 4.05. The summed E-state index contributed by atoms with van der Waals surface area (Å²) in [6, 6.07) is 1.81. The normalized spacial score (nSPS) is 10.1. The highest BCUT2D eigenvalue weighted by Gasteiger charge is 2.05. The number of pyridine rings is 1. The molecule has 0 aromatic carbocycles. The second kappa shape index (κ2) is 3.41. The number of rotatable bonds is 2. The largest absolute Gasteiger partial charge is 0.298 e. The Morgan fingerprint density at radius 3 is 2.93 bits per heavy atom. The van der Waals surface area contributed by atoms with Crippen LogP contribution in [0.2, 0.25) is 0 Å². The van der Waals surface area contributed by atoms with E-state index in [9.17, 15) is 4.79 Å². The lowest BCUT2D eigenvalue weighted by molar-refractivity contribution is 0.112. The first kappa shape index (κ1) is 8.62. The molecule has 70 valence electrons. The predicted octanol–water partition coefficient (Wildman–Crippen LogP) is 1.29. The SMILES string of the molecule is Cn1cc(-c2ccncc2C=O)cn1. The van der Waals surface area contributed by atoms with Gasteiger partial charge in [-0.1, -0.05) is 0 Å². The molecule has 0 aliphatic carbocycles. The van der Waals surface area contributed by atoms with E-state index in [0.717, 1.165) is 17.4 Å². The molecule has 4 heteroatoms. The molecule has 4 nitrogen and oxygen atoms in total. The van der Waals surface area contributed by atoms with Gasteiger partial charge in [-0.2, -0.15) is 5.10 Å². The minimum Gasteiger partial charge on any atom is -0.298 e. The first-order valence-electron chi connectivity index (χ1n) is 4.19. The molecule has 0 saturated heterocycles. The van der Waals surface area contributed by atoms with Crippen LogP contribution < -0.4 is 0 Å². The summed E-state index contributed by atoms with van der Waals surface area (Å²) in [6.45, 7) is 0. The number of aromatic nitrogens is 3. The summed E-state index contributed by atoms with van der Waals surface area (Å²) < 4.78 is 1.70. The van der Waals surface area contributed by atoms with Crippen molar-refractivity contribution in [3.05, 3.63) is 36.4 Å². The first-order valence-corrected chi connectivity index (χ1v) is 4.19. The Morgan fingerprint density at radius 2 is 2.29 bits per heavy atom. The van der Waals surface area contributed by atoms with Crippen LogP contribution in [0.5, 0.6) is 0 Å². The molecule has 0 aliphatic heterocycles. The van der Waals surface area contributed by atoms with Gasteiger partial charge in [-0.05, 0) is 11.6 Å². The second-order valence-corrected chi connectivity index (χ2v) is 2.98. The Morgan fingerprint density at radius 1 is 1.43 bits per heavy atom. The van der Waals surface area contributed by atoms with Gasteiger partial charge in [0.05, 0.1) is 6.20 Å². The Balaban J connectivity index is 2.55. The number of carbonyl (C=O) groups is 1. The molecule has 0 aliphatic rings. The van der Waals surface area contributed by atoms with E-state index in [1.54, 1.807) is 29.3 Å². The van der Waals surface area contributed by atoms with E-state index < -0.39 is 0 Å². The molecule has 2 heterocycles. The first-order chi connectivity index (χ1) is 6.81. The molecule has 0 N–H and O–H groups in total. The molecule has 0 fully saturated rings. The van der Waals surface area contributed by atoms with Crippen LogP contribution in [0.4, 0.5) is 0 Å². The monoisotopic (exact) mass is 187 g/mol. The van der Waals surface area contributed by atoms with Crippen molar-refractivity contribution in [2.45, 2.75) is 0 Å². The van der Waals surface area contributed by atoms with Crippen molar-refractivity contribution in [3.63, 3.8) is 0 Å². The van der Waals surface area contributed by atoms with Crippen LogP contribution in [-0.4, -0.2) is 21.1 Å². The Labute approximate surface area is 81.2 Å². The maximum Gasteiger partial charge on any atom is 0.152 e. The van der Waals surface area contributed by atoms with Gasteiger partial charge in [-0.3, -0.25) is 14.5 Å². The quantitative estimate of drug-likeness (QED) is 0.665. The van der Waals surface area contributed by atoms with Crippen LogP contribution in [0, 0.1) is 0 Å². The van der Waals surface area contributed by atoms with E-state index in [1.807, 2.05) is 13.2 Å². The topological polar surface area (TPSA) is 47.8 Å². The number of nitrogens with zero attached hydrogens (tertiary/aromatic N) is 3. The van der Waals surface area contributed by atoms with Gasteiger partial charge in [-0.25, -0.2) is 0 Å². The molecule has 0 saturated carbocycles. The van der Waals surface area contributed by atoms with Crippen LogP contribution in [0.3, 0.4) is 0 Å². The number of aryl methyl sites for hydroxylation is 1. The number of aldehydes is 1. The third-order valence-corrected chi connectivity index (χ3v) is 1.99. The highest BCUT2D eigenvalue weighted by Crippen LogP contribution is 2.20. The zero-order chi connectivity index (χ0) is 9.97. The molecule has 0 bridgehead atoms. The van der Waals surface area contributed by atoms with Crippen molar-refractivity contribution in [1.29, 1.82) is 0 Å². The summed E-state index contributed by atoms with van der Waals surface area (Å²) in [6.07, 6.45) is 7.60. The van der Waals surface area contributed by atoms with Gasteiger partial charge in [0, 0.05) is 36.8 Å². The lowest BCUT2D eigenvalue weighted by atomic mass is 10.1. The average Bonchev–Trinajstić information content (AvgIpc) is 2.65. The van der Waals surface area contributed by atoms with E-state index >= 15 is 0 Å². The van der Waals surface area contributed by atoms with Gasteiger partial charge in [0.1, 0.15) is 0 Å². The van der Waals surface area contributed by atoms with Crippen LogP contribution in [0.15, 0.2) is 30.9 Å². The minimum atomic E-state index is 0.584. The maximum atomic E-state index is 10.7. The minimum absolute atomic E-state index is 0.584. The Kier molecular flexibility index (Phi) is 2.10. The summed E-state index contributed by atoms with van der Waals surface area (Å²) in [7, 11) is 1.84. The third kappa shape index (κ3) is 1.42. The van der Waals surface area contributed by atoms with Gasteiger partial charge in [-0.15, -0.1) is 0 Å². The summed E-state index contributed by atoms with van der Waals surface area (Å²) in [5.41, 5.74) is 2.38. The fourth-order valence-electron chi connectivity index (χ4n) is 1.32. The van der Waals surface area contributed by atoms with Crippen LogP contribution in [0.1, 0.15) is 10.4 Å². The number of hydrogen-bond donors (Lipinski definition) is 0. The van der Waals surface area contributed by atoms with E-state index in [2.05, 4.69) is 10.1 Å². The van der Waals surface area contributed by atoms with Crippen molar-refractivity contribution in [2.24, 2.45) is 7.05 Å². The molecule has 2 aromatic heterocycles. The third-order valence-electron chi connectivity index (χ3n) is 1.99. The van der Waals surface area contributed by atoms with Crippen LogP contribution >= 0.6 is 0 Å². The number of hydrogen-bond acceptors (Lipinski definition) is 3. The molecule has 0 unspecified atom stereocenters. The van der Waals surface area contributed by atoms with Gasteiger partial charge in [0.2, 0.25) is 0 Å². The molecule has 2 rings (SSSR count). The van der Waals surface area contributed by atoms with Crippen molar-refractivity contribution in [3.8, 4) is 11.1 Å². The maximum absolute atomic E-state index is 10.7. The van der Waals surface area contributed by atoms with E-state index in [4.69, 9.17) is 0 Å². The van der Waals surface area contributed by atoms with Gasteiger partial charge in [0.25, 0.3) is 0 Å². The molecule has 0 amide bonds. The molecule has 0 spiro atoms. The van der Waals surface area contributed by atoms with Crippen molar-refractivity contribution in [1.82, 2.24) is 14.8 Å². The zero-order valence-electron chi connectivity index (χ0n) is 7.71. The zero-order valence-corrected chi connectivity index (χ0v) is 7.71. The fourth-order valence-corrected chi connectivity index (χ4v) is 1.32. The highest BCUT2D eigenvalue weighted by atomic mass is 16.1. The van der Waals surface area contributed by atoms with Crippen LogP contribution in [-0.2, 0) is 7.05 Å². The summed E-state index contributed by atoms with van der Waals surface area (Å²) in [4.78, 5) is 14.6. The Bertz CT molecular complexity index is 462. The summed E-state index contributed by atoms with van der Waals surface area (Å²) in [5.74, 6) is 0. The smallest absolute Gasteiger partial charge is 0.152 e. The number of carbonyl (C=O) groups excluding carboxylic acids is 1. The van der Waals surface area contributed by atoms with E-state index in [0.29, 0.717) is 5.56 Å². The van der Waals surface area contributed by atoms with Crippen LogP contribution in [0.25, 0.3) is 11.1 Å². The molecular weight excluding hydrogens is 178 g/mol. The van der Waals surface area contributed by atoms with Gasteiger partial charge >= 0.3 is 0 Å². The molecular formula is C10H9N3O. The molecule has 0 atom stereocenters. The lowest BCUT2D eigenvalue weighted by Crippen LogP contribution is -1.87. The van der Waals surface area contributed by atoms with Crippen molar-refractivity contribution in [2.75, 3.05) is 0 Å². The van der Waals surface area contributed by atoms with E-state index in [-0.39, 0.29) is 0 Å². The Hall–Kier alpha value is -1.97. The second-order valence-electron chi connectivity index (χ2n) is 2.98. The van der Waals surface area contributed by atoms with Crippen molar-refractivity contribution >= 4 is 6.29 Å². The summed E-state index contributed by atoms with van der Waals surface area (Å²) >= 11 is 0. The molecule has 0 radical (unpaired) electrons. The average molecular weight is 187 g/mol. The van der Waals surface area contributed by atoms with Crippen molar-refractivity contribution < 1.29 is 4.79 Å². The highest BCUT2D eigenvalue weighted by molar-refractivity contribution is 5.86. The molecule has 14 heavy (non-hydrogen) atoms. The predicted molar refractivity (Wildman–Crippen MR) is 51.8 cm³/mol.